The molecule has 2 rings (SSSR count). The molecule has 22 heavy (non-hydrogen) atoms. The minimum atomic E-state index is -0.816. The summed E-state index contributed by atoms with van der Waals surface area (Å²) in [6.07, 6.45) is -0.816. The predicted octanol–water partition coefficient (Wildman–Crippen LogP) is 3.54. The summed E-state index contributed by atoms with van der Waals surface area (Å²) in [4.78, 5) is 0.937. The molecule has 2 aromatic carbocycles. The van der Waals surface area contributed by atoms with Gasteiger partial charge >= 0.3 is 0 Å². The minimum Gasteiger partial charge on any atom is -0.394 e. The van der Waals surface area contributed by atoms with Gasteiger partial charge in [0.25, 0.3) is 0 Å². The number of para-hydroxylation sites is 1. The zero-order valence-corrected chi connectivity index (χ0v) is 13.4. The Bertz CT molecular complexity index is 627. The molecule has 3 nitrogen and oxygen atoms in total. The third kappa shape index (κ3) is 4.61. The molecule has 0 saturated carbocycles. The summed E-state index contributed by atoms with van der Waals surface area (Å²) in [7, 11) is 0. The van der Waals surface area contributed by atoms with Crippen molar-refractivity contribution >= 4 is 29.1 Å². The molecule has 0 radical (unpaired) electrons. The van der Waals surface area contributed by atoms with Crippen LogP contribution in [0.25, 0.3) is 0 Å². The molecule has 0 bridgehead atoms. The third-order valence-electron chi connectivity index (χ3n) is 3.04. The molecular weight excluding hydrogens is 325 g/mol. The summed E-state index contributed by atoms with van der Waals surface area (Å²) in [5.41, 5.74) is 1.38. The number of halogens is 2. The molecule has 0 amide bonds. The lowest BCUT2D eigenvalue weighted by Crippen LogP contribution is -2.23. The van der Waals surface area contributed by atoms with E-state index in [9.17, 15) is 9.50 Å². The lowest BCUT2D eigenvalue weighted by atomic mass is 10.2. The van der Waals surface area contributed by atoms with Gasteiger partial charge in [0.05, 0.1) is 17.7 Å². The summed E-state index contributed by atoms with van der Waals surface area (Å²) in [5.74, 6) is 0.0611. The van der Waals surface area contributed by atoms with E-state index in [0.29, 0.717) is 11.3 Å². The van der Waals surface area contributed by atoms with Gasteiger partial charge in [-0.15, -0.1) is 11.8 Å². The molecule has 6 heteroatoms. The van der Waals surface area contributed by atoms with Gasteiger partial charge in [-0.3, -0.25) is 0 Å². The van der Waals surface area contributed by atoms with E-state index < -0.39 is 11.9 Å². The van der Waals surface area contributed by atoms with E-state index in [-0.39, 0.29) is 18.2 Å². The van der Waals surface area contributed by atoms with Crippen molar-refractivity contribution in [2.24, 2.45) is 0 Å². The fourth-order valence-electron chi connectivity index (χ4n) is 1.85. The molecule has 3 N–H and O–H groups in total. The van der Waals surface area contributed by atoms with Crippen molar-refractivity contribution in [2.75, 3.05) is 18.5 Å². The van der Waals surface area contributed by atoms with Gasteiger partial charge in [-0.25, -0.2) is 4.39 Å². The SMILES string of the molecule is OCC(O)CNc1ccccc1SCc1cccc(Cl)c1F. The van der Waals surface area contributed by atoms with E-state index in [1.54, 1.807) is 12.1 Å². The van der Waals surface area contributed by atoms with Crippen LogP contribution in [0.15, 0.2) is 47.4 Å². The lowest BCUT2D eigenvalue weighted by molar-refractivity contribution is 0.105. The molecule has 1 unspecified atom stereocenters. The summed E-state index contributed by atoms with van der Waals surface area (Å²) in [6, 6.07) is 12.5. The van der Waals surface area contributed by atoms with E-state index in [1.165, 1.54) is 17.8 Å². The molecule has 0 heterocycles. The highest BCUT2D eigenvalue weighted by Crippen LogP contribution is 2.31. The number of aliphatic hydroxyl groups is 2. The Balaban J connectivity index is 2.05. The molecule has 2 aromatic rings. The first kappa shape index (κ1) is 17.1. The van der Waals surface area contributed by atoms with E-state index in [0.717, 1.165) is 10.6 Å². The van der Waals surface area contributed by atoms with Crippen molar-refractivity contribution in [1.29, 1.82) is 0 Å². The number of rotatable bonds is 7. The fraction of sp³-hybridized carbons (Fsp3) is 0.250. The first-order valence-corrected chi connectivity index (χ1v) is 8.15. The smallest absolute Gasteiger partial charge is 0.145 e. The number of hydrogen-bond donors (Lipinski definition) is 3. The number of aliphatic hydroxyl groups excluding tert-OH is 2. The number of benzene rings is 2. The standard InChI is InChI=1S/C16H17ClFNO2S/c17-13-5-3-4-11(16(13)18)10-22-15-7-2-1-6-14(15)19-8-12(21)9-20/h1-7,12,19-21H,8-10H2. The van der Waals surface area contributed by atoms with Gasteiger partial charge in [0, 0.05) is 22.9 Å². The van der Waals surface area contributed by atoms with Crippen LogP contribution in [0.4, 0.5) is 10.1 Å². The Morgan fingerprint density at radius 2 is 1.95 bits per heavy atom. The van der Waals surface area contributed by atoms with Crippen LogP contribution in [0.1, 0.15) is 5.56 Å². The molecule has 0 aliphatic heterocycles. The maximum absolute atomic E-state index is 13.9. The van der Waals surface area contributed by atoms with Gasteiger partial charge in [0.15, 0.2) is 0 Å². The second kappa shape index (κ2) is 8.39. The van der Waals surface area contributed by atoms with Crippen LogP contribution < -0.4 is 5.32 Å². The van der Waals surface area contributed by atoms with Gasteiger partial charge in [0.1, 0.15) is 5.82 Å². The Hall–Kier alpha value is -1.27. The molecule has 118 valence electrons. The van der Waals surface area contributed by atoms with Crippen LogP contribution in [0.2, 0.25) is 5.02 Å². The second-order valence-electron chi connectivity index (χ2n) is 4.72. The van der Waals surface area contributed by atoms with E-state index in [1.807, 2.05) is 24.3 Å². The van der Waals surface area contributed by atoms with Crippen LogP contribution >= 0.6 is 23.4 Å². The van der Waals surface area contributed by atoms with Crippen LogP contribution in [0, 0.1) is 5.82 Å². The Morgan fingerprint density at radius 1 is 1.18 bits per heavy atom. The molecule has 0 saturated heterocycles. The number of thioether (sulfide) groups is 1. The molecule has 1 atom stereocenters. The maximum Gasteiger partial charge on any atom is 0.145 e. The van der Waals surface area contributed by atoms with Crippen molar-refractivity contribution in [1.82, 2.24) is 0 Å². The van der Waals surface area contributed by atoms with Gasteiger partial charge in [-0.1, -0.05) is 35.9 Å². The highest BCUT2D eigenvalue weighted by Gasteiger charge is 2.09. The zero-order valence-electron chi connectivity index (χ0n) is 11.8. The summed E-state index contributed by atoms with van der Waals surface area (Å²) >= 11 is 7.26. The average molecular weight is 342 g/mol. The fourth-order valence-corrected chi connectivity index (χ4v) is 3.04. The molecule has 0 aliphatic carbocycles. The van der Waals surface area contributed by atoms with E-state index >= 15 is 0 Å². The van der Waals surface area contributed by atoms with Gasteiger partial charge in [-0.05, 0) is 23.8 Å². The lowest BCUT2D eigenvalue weighted by Gasteiger charge is -2.14. The first-order chi connectivity index (χ1) is 10.6. The Labute approximate surface area is 138 Å². The Morgan fingerprint density at radius 3 is 2.73 bits per heavy atom. The van der Waals surface area contributed by atoms with E-state index in [2.05, 4.69) is 5.32 Å². The molecular formula is C16H17ClFNO2S. The van der Waals surface area contributed by atoms with Crippen molar-refractivity contribution in [2.45, 2.75) is 16.8 Å². The third-order valence-corrected chi connectivity index (χ3v) is 4.45. The number of nitrogens with one attached hydrogen (secondary N) is 1. The quantitative estimate of drug-likeness (QED) is 0.674. The first-order valence-electron chi connectivity index (χ1n) is 6.79. The number of anilines is 1. The highest BCUT2D eigenvalue weighted by molar-refractivity contribution is 7.98. The molecule has 0 spiro atoms. The molecule has 0 aliphatic rings. The number of hydrogen-bond acceptors (Lipinski definition) is 4. The topological polar surface area (TPSA) is 52.5 Å². The maximum atomic E-state index is 13.9. The predicted molar refractivity (Wildman–Crippen MR) is 89.0 cm³/mol. The molecule has 0 aromatic heterocycles. The monoisotopic (exact) mass is 341 g/mol. The van der Waals surface area contributed by atoms with Gasteiger partial charge < -0.3 is 15.5 Å². The van der Waals surface area contributed by atoms with Crippen LogP contribution in [-0.2, 0) is 5.75 Å². The van der Waals surface area contributed by atoms with Crippen molar-refractivity contribution < 1.29 is 14.6 Å². The normalized spacial score (nSPS) is 12.2. The van der Waals surface area contributed by atoms with Gasteiger partial charge in [-0.2, -0.15) is 0 Å². The second-order valence-corrected chi connectivity index (χ2v) is 6.14. The average Bonchev–Trinajstić information content (AvgIpc) is 2.54. The van der Waals surface area contributed by atoms with Crippen LogP contribution in [0.3, 0.4) is 0 Å². The highest BCUT2D eigenvalue weighted by atomic mass is 35.5. The van der Waals surface area contributed by atoms with Crippen LogP contribution in [-0.4, -0.2) is 29.5 Å². The van der Waals surface area contributed by atoms with Crippen molar-refractivity contribution in [3.05, 3.63) is 58.9 Å². The zero-order chi connectivity index (χ0) is 15.9. The Kier molecular flexibility index (Phi) is 6.51. The van der Waals surface area contributed by atoms with Crippen molar-refractivity contribution in [3.8, 4) is 0 Å². The van der Waals surface area contributed by atoms with E-state index in [4.69, 9.17) is 16.7 Å². The largest absolute Gasteiger partial charge is 0.394 e. The minimum absolute atomic E-state index is 0.121. The summed E-state index contributed by atoms with van der Waals surface area (Å²) < 4.78 is 13.9. The van der Waals surface area contributed by atoms with Gasteiger partial charge in [0.2, 0.25) is 0 Å². The van der Waals surface area contributed by atoms with Crippen molar-refractivity contribution in [3.63, 3.8) is 0 Å². The van der Waals surface area contributed by atoms with Crippen LogP contribution in [0.5, 0.6) is 0 Å². The summed E-state index contributed by atoms with van der Waals surface area (Å²) in [5, 5.41) is 21.4. The molecule has 0 fully saturated rings. The summed E-state index contributed by atoms with van der Waals surface area (Å²) in [6.45, 7) is -0.0460.